The number of nitrogens with zero attached hydrogens (tertiary/aromatic N) is 4. The average molecular weight is 430 g/mol. The molecule has 2 aromatic carbocycles. The van der Waals surface area contributed by atoms with Gasteiger partial charge in [-0.1, -0.05) is 25.1 Å². The monoisotopic (exact) mass is 430 g/mol. The van der Waals surface area contributed by atoms with E-state index >= 15 is 0 Å². The molecule has 1 N–H and O–H groups in total. The second-order valence-corrected chi connectivity index (χ2v) is 8.17. The average Bonchev–Trinajstić information content (AvgIpc) is 3.24. The number of aryl methyl sites for hydroxylation is 1. The Morgan fingerprint density at radius 1 is 1.12 bits per heavy atom. The summed E-state index contributed by atoms with van der Waals surface area (Å²) in [6.07, 6.45) is 5.09. The Balaban J connectivity index is 1.51. The normalized spacial score (nSPS) is 16.5. The molecule has 32 heavy (non-hydrogen) atoms. The zero-order chi connectivity index (χ0) is 22.2. The molecule has 0 saturated carbocycles. The Labute approximate surface area is 185 Å². The van der Waals surface area contributed by atoms with E-state index in [0.717, 1.165) is 33.8 Å². The first kappa shape index (κ1) is 20.3. The zero-order valence-electron chi connectivity index (χ0n) is 17.9. The van der Waals surface area contributed by atoms with E-state index in [1.807, 2.05) is 37.4 Å². The van der Waals surface area contributed by atoms with Gasteiger partial charge in [0.1, 0.15) is 17.9 Å². The summed E-state index contributed by atoms with van der Waals surface area (Å²) in [4.78, 5) is 13.3. The van der Waals surface area contributed by atoms with Gasteiger partial charge in [0.2, 0.25) is 0 Å². The molecule has 3 heterocycles. The summed E-state index contributed by atoms with van der Waals surface area (Å²) in [6, 6.07) is 12.1. The van der Waals surface area contributed by atoms with Crippen molar-refractivity contribution in [2.24, 2.45) is 0 Å². The van der Waals surface area contributed by atoms with Crippen LogP contribution in [0.25, 0.3) is 16.9 Å². The fourth-order valence-corrected chi connectivity index (χ4v) is 4.33. The topological polar surface area (TPSA) is 73.1 Å². The van der Waals surface area contributed by atoms with E-state index in [-0.39, 0.29) is 23.4 Å². The molecule has 0 spiro atoms. The Morgan fingerprint density at radius 3 is 2.66 bits per heavy atom. The largest absolute Gasteiger partial charge is 0.506 e. The molecule has 2 atom stereocenters. The van der Waals surface area contributed by atoms with Crippen LogP contribution in [-0.2, 0) is 11.3 Å². The number of phenols is 1. The van der Waals surface area contributed by atoms with Crippen LogP contribution in [0, 0.1) is 12.7 Å². The molecule has 0 amide bonds. The highest BCUT2D eigenvalue weighted by molar-refractivity contribution is 5.68. The van der Waals surface area contributed by atoms with Crippen molar-refractivity contribution < 1.29 is 14.2 Å². The third-order valence-corrected chi connectivity index (χ3v) is 6.11. The van der Waals surface area contributed by atoms with Crippen LogP contribution in [0.4, 0.5) is 4.39 Å². The summed E-state index contributed by atoms with van der Waals surface area (Å²) < 4.78 is 21.1. The Kier molecular flexibility index (Phi) is 5.19. The maximum Gasteiger partial charge on any atom is 0.140 e. The van der Waals surface area contributed by atoms with Gasteiger partial charge in [-0.3, -0.25) is 0 Å². The van der Waals surface area contributed by atoms with Gasteiger partial charge in [0, 0.05) is 23.2 Å². The van der Waals surface area contributed by atoms with Crippen molar-refractivity contribution in [1.82, 2.24) is 19.5 Å². The second-order valence-electron chi connectivity index (χ2n) is 8.17. The fourth-order valence-electron chi connectivity index (χ4n) is 4.33. The number of phenolic OH excluding ortho intramolecular Hbond substituents is 1. The third-order valence-electron chi connectivity index (χ3n) is 6.11. The third kappa shape index (κ3) is 3.65. The molecule has 0 bridgehead atoms. The van der Waals surface area contributed by atoms with Gasteiger partial charge in [0.15, 0.2) is 0 Å². The molecule has 0 radical (unpaired) electrons. The molecule has 4 aromatic rings. The SMILES string of the molecule is Cc1cn(-c2ccc(-c3ncnc4c3COCC4C(C)c3ccc(F)cc3)cc2O)cn1. The van der Waals surface area contributed by atoms with Crippen molar-refractivity contribution in [2.75, 3.05) is 6.61 Å². The van der Waals surface area contributed by atoms with Gasteiger partial charge in [0.05, 0.1) is 42.3 Å². The van der Waals surface area contributed by atoms with E-state index in [2.05, 4.69) is 21.9 Å². The first-order chi connectivity index (χ1) is 15.5. The smallest absolute Gasteiger partial charge is 0.140 e. The maximum atomic E-state index is 13.4. The van der Waals surface area contributed by atoms with Crippen LogP contribution in [-0.4, -0.2) is 31.2 Å². The summed E-state index contributed by atoms with van der Waals surface area (Å²) in [7, 11) is 0. The van der Waals surface area contributed by atoms with Gasteiger partial charge >= 0.3 is 0 Å². The minimum Gasteiger partial charge on any atom is -0.506 e. The van der Waals surface area contributed by atoms with Crippen LogP contribution in [0.3, 0.4) is 0 Å². The van der Waals surface area contributed by atoms with E-state index in [0.29, 0.717) is 18.9 Å². The molecule has 2 aromatic heterocycles. The van der Waals surface area contributed by atoms with E-state index in [1.54, 1.807) is 23.3 Å². The number of hydrogen-bond acceptors (Lipinski definition) is 5. The zero-order valence-corrected chi connectivity index (χ0v) is 17.9. The van der Waals surface area contributed by atoms with Gasteiger partial charge in [-0.15, -0.1) is 0 Å². The van der Waals surface area contributed by atoms with Crippen molar-refractivity contribution in [1.29, 1.82) is 0 Å². The molecule has 6 nitrogen and oxygen atoms in total. The Bertz CT molecular complexity index is 1270. The summed E-state index contributed by atoms with van der Waals surface area (Å²) in [5.74, 6) is 0.00518. The predicted molar refractivity (Wildman–Crippen MR) is 118 cm³/mol. The van der Waals surface area contributed by atoms with Crippen LogP contribution in [0.2, 0.25) is 0 Å². The van der Waals surface area contributed by atoms with Gasteiger partial charge in [0.25, 0.3) is 0 Å². The standard InChI is InChI=1S/C25H23FN4O2/c1-15-10-30(14-29-15)22-8-5-18(9-23(22)31)24-21-12-32-11-20(25(21)28-13-27-24)16(2)17-3-6-19(26)7-4-17/h3-10,13-14,16,20,31H,11-12H2,1-2H3. The van der Waals surface area contributed by atoms with Gasteiger partial charge < -0.3 is 14.4 Å². The van der Waals surface area contributed by atoms with Crippen molar-refractivity contribution in [3.05, 3.63) is 89.6 Å². The summed E-state index contributed by atoms with van der Waals surface area (Å²) in [6.45, 7) is 4.94. The van der Waals surface area contributed by atoms with Crippen LogP contribution < -0.4 is 0 Å². The van der Waals surface area contributed by atoms with E-state index in [9.17, 15) is 9.50 Å². The number of fused-ring (bicyclic) bond motifs is 1. The second kappa shape index (κ2) is 8.16. The lowest BCUT2D eigenvalue weighted by molar-refractivity contribution is 0.0832. The Hall–Kier alpha value is -3.58. The number of hydrogen-bond donors (Lipinski definition) is 1. The minimum atomic E-state index is -0.250. The van der Waals surface area contributed by atoms with Crippen molar-refractivity contribution in [3.8, 4) is 22.7 Å². The summed E-state index contributed by atoms with van der Waals surface area (Å²) in [5, 5.41) is 10.7. The Morgan fingerprint density at radius 2 is 1.94 bits per heavy atom. The van der Waals surface area contributed by atoms with Crippen molar-refractivity contribution >= 4 is 0 Å². The van der Waals surface area contributed by atoms with E-state index in [1.165, 1.54) is 12.1 Å². The molecular weight excluding hydrogens is 407 g/mol. The molecule has 1 aliphatic rings. The van der Waals surface area contributed by atoms with Crippen LogP contribution in [0.15, 0.2) is 61.3 Å². The molecular formula is C25H23FN4O2. The van der Waals surface area contributed by atoms with Crippen molar-refractivity contribution in [3.63, 3.8) is 0 Å². The van der Waals surface area contributed by atoms with Crippen LogP contribution >= 0.6 is 0 Å². The number of halogens is 1. The summed E-state index contributed by atoms with van der Waals surface area (Å²) in [5.41, 5.74) is 5.95. The molecule has 2 unspecified atom stereocenters. The van der Waals surface area contributed by atoms with Crippen LogP contribution in [0.5, 0.6) is 5.75 Å². The highest BCUT2D eigenvalue weighted by atomic mass is 19.1. The molecule has 0 aliphatic carbocycles. The van der Waals surface area contributed by atoms with Crippen molar-refractivity contribution in [2.45, 2.75) is 32.3 Å². The molecule has 0 saturated heterocycles. The summed E-state index contributed by atoms with van der Waals surface area (Å²) >= 11 is 0. The lowest BCUT2D eigenvalue weighted by Crippen LogP contribution is -2.24. The molecule has 162 valence electrons. The van der Waals surface area contributed by atoms with E-state index < -0.39 is 0 Å². The molecule has 5 rings (SSSR count). The lowest BCUT2D eigenvalue weighted by Gasteiger charge is -2.30. The number of rotatable bonds is 4. The molecule has 7 heteroatoms. The number of benzene rings is 2. The predicted octanol–water partition coefficient (Wildman–Crippen LogP) is 4.90. The highest BCUT2D eigenvalue weighted by Crippen LogP contribution is 2.40. The maximum absolute atomic E-state index is 13.4. The van der Waals surface area contributed by atoms with Crippen LogP contribution in [0.1, 0.15) is 41.3 Å². The van der Waals surface area contributed by atoms with Gasteiger partial charge in [-0.25, -0.2) is 19.3 Å². The lowest BCUT2D eigenvalue weighted by atomic mass is 9.82. The number of ether oxygens (including phenoxy) is 1. The van der Waals surface area contributed by atoms with Gasteiger partial charge in [-0.2, -0.15) is 0 Å². The minimum absolute atomic E-state index is 0.0211. The number of aromatic hydroxyl groups is 1. The molecule has 1 aliphatic heterocycles. The fraction of sp³-hybridized carbons (Fsp3) is 0.240. The number of aromatic nitrogens is 4. The highest BCUT2D eigenvalue weighted by Gasteiger charge is 2.30. The van der Waals surface area contributed by atoms with E-state index in [4.69, 9.17) is 4.74 Å². The van der Waals surface area contributed by atoms with Gasteiger partial charge in [-0.05, 0) is 42.7 Å². The molecule has 0 fully saturated rings. The quantitative estimate of drug-likeness (QED) is 0.499. The number of imidazole rings is 1. The first-order valence-corrected chi connectivity index (χ1v) is 10.5. The first-order valence-electron chi connectivity index (χ1n) is 10.5.